The number of aryl methyl sites for hydroxylation is 1. The molecule has 20 heavy (non-hydrogen) atoms. The lowest BCUT2D eigenvalue weighted by Gasteiger charge is -2.07. The van der Waals surface area contributed by atoms with Gasteiger partial charge in [0.15, 0.2) is 5.82 Å². The largest absolute Gasteiger partial charge is 0.373 e. The van der Waals surface area contributed by atoms with E-state index < -0.39 is 16.0 Å². The van der Waals surface area contributed by atoms with Crippen molar-refractivity contribution in [3.8, 4) is 0 Å². The van der Waals surface area contributed by atoms with Gasteiger partial charge < -0.3 is 9.88 Å². The van der Waals surface area contributed by atoms with E-state index in [1.807, 2.05) is 6.92 Å². The summed E-state index contributed by atoms with van der Waals surface area (Å²) in [5.41, 5.74) is -0.295. The second-order valence-corrected chi connectivity index (χ2v) is 4.18. The highest BCUT2D eigenvalue weighted by Gasteiger charge is 2.12. The zero-order chi connectivity index (χ0) is 14.7. The van der Waals surface area contributed by atoms with E-state index in [1.165, 1.54) is 17.0 Å². The zero-order valence-electron chi connectivity index (χ0n) is 11.0. The Bertz CT molecular complexity index is 710. The van der Waals surface area contributed by atoms with Crippen LogP contribution in [0.15, 0.2) is 29.3 Å². The van der Waals surface area contributed by atoms with E-state index >= 15 is 0 Å². The summed E-state index contributed by atoms with van der Waals surface area (Å²) < 4.78 is 1.51. The lowest BCUT2D eigenvalue weighted by atomic mass is 10.3. The van der Waals surface area contributed by atoms with Crippen molar-refractivity contribution in [3.05, 3.63) is 56.4 Å². The second-order valence-electron chi connectivity index (χ2n) is 4.18. The molecule has 1 N–H and O–H groups in total. The standard InChI is InChI=1S/C12H13N5O3/c1-8-5-11(13-2)15-12(14-8)7-16-4-3-10(18)9(6-16)17(19)20/h3-6H,7H2,1-2H3,(H,13,14,15). The zero-order valence-corrected chi connectivity index (χ0v) is 11.0. The van der Waals surface area contributed by atoms with Crippen LogP contribution >= 0.6 is 0 Å². The molecule has 0 aliphatic rings. The smallest absolute Gasteiger partial charge is 0.332 e. The van der Waals surface area contributed by atoms with Crippen LogP contribution in [0.5, 0.6) is 0 Å². The van der Waals surface area contributed by atoms with Gasteiger partial charge in [0.05, 0.1) is 17.7 Å². The van der Waals surface area contributed by atoms with Gasteiger partial charge in [0.1, 0.15) is 5.82 Å². The van der Waals surface area contributed by atoms with Crippen molar-refractivity contribution in [2.45, 2.75) is 13.5 Å². The molecule has 2 aromatic rings. The third-order valence-corrected chi connectivity index (χ3v) is 2.64. The average molecular weight is 275 g/mol. The number of nitro groups is 1. The first kappa shape index (κ1) is 13.7. The van der Waals surface area contributed by atoms with Gasteiger partial charge in [0.2, 0.25) is 0 Å². The van der Waals surface area contributed by atoms with Crippen LogP contribution in [0.4, 0.5) is 11.5 Å². The minimum absolute atomic E-state index is 0.247. The fraction of sp³-hybridized carbons (Fsp3) is 0.250. The van der Waals surface area contributed by atoms with Gasteiger partial charge in [-0.15, -0.1) is 0 Å². The van der Waals surface area contributed by atoms with Crippen molar-refractivity contribution in [2.24, 2.45) is 0 Å². The van der Waals surface area contributed by atoms with E-state index in [2.05, 4.69) is 15.3 Å². The van der Waals surface area contributed by atoms with Crippen LogP contribution in [0.25, 0.3) is 0 Å². The van der Waals surface area contributed by atoms with Gasteiger partial charge in [-0.25, -0.2) is 9.97 Å². The number of nitrogens with zero attached hydrogens (tertiary/aromatic N) is 4. The van der Waals surface area contributed by atoms with Gasteiger partial charge in [-0.2, -0.15) is 0 Å². The molecule has 0 fully saturated rings. The van der Waals surface area contributed by atoms with E-state index in [0.717, 1.165) is 11.8 Å². The first-order valence-electron chi connectivity index (χ1n) is 5.86. The quantitative estimate of drug-likeness (QED) is 0.658. The summed E-state index contributed by atoms with van der Waals surface area (Å²) in [4.78, 5) is 29.9. The lowest BCUT2D eigenvalue weighted by molar-refractivity contribution is -0.386. The Hall–Kier alpha value is -2.77. The molecule has 2 rings (SSSR count). The molecule has 0 aromatic carbocycles. The molecule has 0 radical (unpaired) electrons. The molecule has 2 heterocycles. The highest BCUT2D eigenvalue weighted by Crippen LogP contribution is 2.08. The summed E-state index contributed by atoms with van der Waals surface area (Å²) in [5.74, 6) is 1.18. The number of hydrogen-bond donors (Lipinski definition) is 1. The number of hydrogen-bond acceptors (Lipinski definition) is 6. The van der Waals surface area contributed by atoms with Crippen molar-refractivity contribution >= 4 is 11.5 Å². The number of anilines is 1. The summed E-state index contributed by atoms with van der Waals surface area (Å²) in [5, 5.41) is 13.6. The lowest BCUT2D eigenvalue weighted by Crippen LogP contribution is -2.13. The van der Waals surface area contributed by atoms with Crippen LogP contribution in [0.3, 0.4) is 0 Å². The molecule has 0 aliphatic carbocycles. The predicted molar refractivity (Wildman–Crippen MR) is 72.8 cm³/mol. The third-order valence-electron chi connectivity index (χ3n) is 2.64. The maximum Gasteiger partial charge on any atom is 0.332 e. The fourth-order valence-electron chi connectivity index (χ4n) is 1.74. The van der Waals surface area contributed by atoms with Crippen LogP contribution in [-0.4, -0.2) is 26.5 Å². The Kier molecular flexibility index (Phi) is 3.74. The van der Waals surface area contributed by atoms with Crippen molar-refractivity contribution in [3.63, 3.8) is 0 Å². The maximum absolute atomic E-state index is 11.3. The first-order chi connectivity index (χ1) is 9.49. The minimum atomic E-state index is -0.699. The molecule has 2 aromatic heterocycles. The summed E-state index contributed by atoms with van der Waals surface area (Å²) in [6.45, 7) is 2.08. The predicted octanol–water partition coefficient (Wildman–Crippen LogP) is 0.945. The van der Waals surface area contributed by atoms with E-state index in [4.69, 9.17) is 0 Å². The Morgan fingerprint density at radius 1 is 1.45 bits per heavy atom. The molecule has 104 valence electrons. The highest BCUT2D eigenvalue weighted by atomic mass is 16.6. The summed E-state index contributed by atoms with van der Waals surface area (Å²) in [6.07, 6.45) is 2.66. The van der Waals surface area contributed by atoms with Crippen LogP contribution in [-0.2, 0) is 6.54 Å². The number of rotatable bonds is 4. The number of nitrogens with one attached hydrogen (secondary N) is 1. The van der Waals surface area contributed by atoms with E-state index in [-0.39, 0.29) is 6.54 Å². The molecule has 0 atom stereocenters. The van der Waals surface area contributed by atoms with Crippen LogP contribution in [0, 0.1) is 17.0 Å². The van der Waals surface area contributed by atoms with Gasteiger partial charge in [-0.3, -0.25) is 14.9 Å². The van der Waals surface area contributed by atoms with Gasteiger partial charge in [-0.1, -0.05) is 0 Å². The molecule has 0 aliphatic heterocycles. The Balaban J connectivity index is 2.35. The molecule has 0 unspecified atom stereocenters. The van der Waals surface area contributed by atoms with Crippen molar-refractivity contribution in [2.75, 3.05) is 12.4 Å². The van der Waals surface area contributed by atoms with Gasteiger partial charge in [-0.05, 0) is 6.92 Å². The van der Waals surface area contributed by atoms with Crippen molar-refractivity contribution in [1.82, 2.24) is 14.5 Å². The van der Waals surface area contributed by atoms with Gasteiger partial charge in [0.25, 0.3) is 5.43 Å². The van der Waals surface area contributed by atoms with Crippen LogP contribution < -0.4 is 10.7 Å². The molecule has 0 bridgehead atoms. The van der Waals surface area contributed by atoms with Gasteiger partial charge in [0, 0.05) is 31.1 Å². The minimum Gasteiger partial charge on any atom is -0.373 e. The molecular formula is C12H13N5O3. The number of pyridine rings is 1. The van der Waals surface area contributed by atoms with Crippen LogP contribution in [0.1, 0.15) is 11.5 Å². The summed E-state index contributed by atoms with van der Waals surface area (Å²) in [6, 6.07) is 2.95. The highest BCUT2D eigenvalue weighted by molar-refractivity contribution is 5.34. The van der Waals surface area contributed by atoms with Crippen molar-refractivity contribution in [1.29, 1.82) is 0 Å². The van der Waals surface area contributed by atoms with E-state index in [1.54, 1.807) is 13.1 Å². The van der Waals surface area contributed by atoms with Crippen LogP contribution in [0.2, 0.25) is 0 Å². The SMILES string of the molecule is CNc1cc(C)nc(Cn2ccc(=O)c([N+](=O)[O-])c2)n1. The Morgan fingerprint density at radius 2 is 2.20 bits per heavy atom. The Labute approximate surface area is 114 Å². The molecule has 8 heteroatoms. The van der Waals surface area contributed by atoms with E-state index in [9.17, 15) is 14.9 Å². The number of aromatic nitrogens is 3. The van der Waals surface area contributed by atoms with Crippen molar-refractivity contribution < 1.29 is 4.92 Å². The average Bonchev–Trinajstić information content (AvgIpc) is 2.40. The Morgan fingerprint density at radius 3 is 2.85 bits per heavy atom. The summed E-state index contributed by atoms with van der Waals surface area (Å²) in [7, 11) is 1.75. The van der Waals surface area contributed by atoms with E-state index in [0.29, 0.717) is 11.6 Å². The molecule has 0 saturated heterocycles. The van der Waals surface area contributed by atoms with Gasteiger partial charge >= 0.3 is 5.69 Å². The molecule has 0 spiro atoms. The molecule has 0 saturated carbocycles. The second kappa shape index (κ2) is 5.47. The molecular weight excluding hydrogens is 262 g/mol. The first-order valence-corrected chi connectivity index (χ1v) is 5.86. The normalized spacial score (nSPS) is 10.3. The maximum atomic E-state index is 11.3. The molecule has 0 amide bonds. The monoisotopic (exact) mass is 275 g/mol. The fourth-order valence-corrected chi connectivity index (χ4v) is 1.74. The summed E-state index contributed by atoms with van der Waals surface area (Å²) >= 11 is 0. The third kappa shape index (κ3) is 2.97. The topological polar surface area (TPSA) is 103 Å². The molecule has 8 nitrogen and oxygen atoms in total.